The standard InChI is InChI=1S/C11H12ClF2NOS/c1-11(2,3)17(16)15-6-7-4-10(14)8(12)5-9(7)13/h4-6H,1-3H3/t17-/m0/s1. The summed E-state index contributed by atoms with van der Waals surface area (Å²) in [6.45, 7) is 5.21. The molecule has 6 heteroatoms. The first-order valence-electron chi connectivity index (χ1n) is 4.82. The van der Waals surface area contributed by atoms with Gasteiger partial charge in [-0.25, -0.2) is 8.78 Å². The van der Waals surface area contributed by atoms with Gasteiger partial charge in [0.15, 0.2) is 0 Å². The highest BCUT2D eigenvalue weighted by Gasteiger charge is 2.26. The second-order valence-electron chi connectivity index (χ2n) is 4.38. The van der Waals surface area contributed by atoms with Crippen LogP contribution < -0.4 is 0 Å². The predicted octanol–water partition coefficient (Wildman–Crippen LogP) is 3.50. The van der Waals surface area contributed by atoms with E-state index in [1.165, 1.54) is 0 Å². The zero-order valence-corrected chi connectivity index (χ0v) is 11.2. The molecule has 0 aliphatic carbocycles. The summed E-state index contributed by atoms with van der Waals surface area (Å²) in [6.07, 6.45) is 1.05. The first kappa shape index (κ1) is 14.4. The molecule has 0 aliphatic heterocycles. The average Bonchev–Trinajstić information content (AvgIpc) is 2.19. The van der Waals surface area contributed by atoms with Crippen LogP contribution >= 0.6 is 11.6 Å². The van der Waals surface area contributed by atoms with E-state index in [0.29, 0.717) is 0 Å². The second-order valence-corrected chi connectivity index (χ2v) is 6.72. The maximum absolute atomic E-state index is 13.3. The lowest BCUT2D eigenvalue weighted by molar-refractivity contribution is 0.561. The second kappa shape index (κ2) is 5.33. The van der Waals surface area contributed by atoms with Crippen molar-refractivity contribution in [2.45, 2.75) is 25.5 Å². The number of halogens is 3. The van der Waals surface area contributed by atoms with Crippen LogP contribution in [-0.2, 0) is 11.4 Å². The van der Waals surface area contributed by atoms with Gasteiger partial charge in [-0.05, 0) is 32.9 Å². The Labute approximate surface area is 107 Å². The largest absolute Gasteiger partial charge is 0.591 e. The molecule has 1 rings (SSSR count). The fraction of sp³-hybridized carbons (Fsp3) is 0.364. The smallest absolute Gasteiger partial charge is 0.144 e. The molecule has 94 valence electrons. The minimum Gasteiger partial charge on any atom is -0.591 e. The summed E-state index contributed by atoms with van der Waals surface area (Å²) in [5.41, 5.74) is -0.0792. The Bertz CT molecular complexity index is 446. The van der Waals surface area contributed by atoms with Crippen LogP contribution in [-0.4, -0.2) is 15.5 Å². The summed E-state index contributed by atoms with van der Waals surface area (Å²) >= 11 is 3.89. The maximum atomic E-state index is 13.3. The molecule has 0 aromatic heterocycles. The van der Waals surface area contributed by atoms with Gasteiger partial charge in [0, 0.05) is 5.56 Å². The van der Waals surface area contributed by atoms with E-state index in [4.69, 9.17) is 11.6 Å². The zero-order valence-electron chi connectivity index (χ0n) is 9.63. The summed E-state index contributed by atoms with van der Waals surface area (Å²) in [5.74, 6) is -1.44. The number of hydrogen-bond acceptors (Lipinski definition) is 2. The van der Waals surface area contributed by atoms with E-state index >= 15 is 0 Å². The van der Waals surface area contributed by atoms with Crippen LogP contribution in [0.25, 0.3) is 0 Å². The molecule has 0 N–H and O–H groups in total. The molecular formula is C11H12ClF2NOS. The zero-order chi connectivity index (χ0) is 13.2. The third-order valence-electron chi connectivity index (χ3n) is 1.85. The normalized spacial score (nSPS) is 14.3. The summed E-state index contributed by atoms with van der Waals surface area (Å²) in [5, 5.41) is -0.295. The molecule has 0 saturated heterocycles. The third-order valence-corrected chi connectivity index (χ3v) is 3.49. The van der Waals surface area contributed by atoms with Crippen LogP contribution in [0.3, 0.4) is 0 Å². The highest BCUT2D eigenvalue weighted by molar-refractivity contribution is 7.91. The number of rotatable bonds is 2. The topological polar surface area (TPSA) is 35.4 Å². The van der Waals surface area contributed by atoms with Crippen molar-refractivity contribution >= 4 is 29.2 Å². The minimum atomic E-state index is -1.51. The molecule has 1 atom stereocenters. The van der Waals surface area contributed by atoms with Gasteiger partial charge in [-0.15, -0.1) is 0 Å². The van der Waals surface area contributed by atoms with Gasteiger partial charge in [0.25, 0.3) is 0 Å². The van der Waals surface area contributed by atoms with Crippen molar-refractivity contribution in [3.8, 4) is 0 Å². The van der Waals surface area contributed by atoms with Crippen LogP contribution in [0.15, 0.2) is 16.5 Å². The monoisotopic (exact) mass is 279 g/mol. The Morgan fingerprint density at radius 2 is 1.88 bits per heavy atom. The van der Waals surface area contributed by atoms with Crippen LogP contribution in [0.5, 0.6) is 0 Å². The average molecular weight is 280 g/mol. The van der Waals surface area contributed by atoms with Crippen molar-refractivity contribution in [2.24, 2.45) is 4.40 Å². The molecule has 0 radical (unpaired) electrons. The van der Waals surface area contributed by atoms with Gasteiger partial charge in [0.2, 0.25) is 0 Å². The summed E-state index contributed by atoms with van der Waals surface area (Å²) in [6, 6.07) is 1.78. The van der Waals surface area contributed by atoms with Crippen molar-refractivity contribution in [1.82, 2.24) is 0 Å². The van der Waals surface area contributed by atoms with Crippen molar-refractivity contribution in [1.29, 1.82) is 0 Å². The van der Waals surface area contributed by atoms with E-state index in [2.05, 4.69) is 4.40 Å². The highest BCUT2D eigenvalue weighted by atomic mass is 35.5. The lowest BCUT2D eigenvalue weighted by Gasteiger charge is -2.17. The molecule has 0 saturated carbocycles. The molecule has 0 heterocycles. The first-order chi connectivity index (χ1) is 7.71. The summed E-state index contributed by atoms with van der Waals surface area (Å²) in [7, 11) is 0. The van der Waals surface area contributed by atoms with E-state index < -0.39 is 27.7 Å². The molecule has 0 amide bonds. The number of benzene rings is 1. The maximum Gasteiger partial charge on any atom is 0.144 e. The quantitative estimate of drug-likeness (QED) is 0.464. The van der Waals surface area contributed by atoms with E-state index in [1.54, 1.807) is 20.8 Å². The highest BCUT2D eigenvalue weighted by Crippen LogP contribution is 2.20. The van der Waals surface area contributed by atoms with E-state index in [-0.39, 0.29) is 10.6 Å². The molecule has 1 aromatic carbocycles. The molecule has 0 spiro atoms. The van der Waals surface area contributed by atoms with Crippen molar-refractivity contribution in [3.63, 3.8) is 0 Å². The lowest BCUT2D eigenvalue weighted by Crippen LogP contribution is -2.25. The van der Waals surface area contributed by atoms with Crippen molar-refractivity contribution in [2.75, 3.05) is 0 Å². The van der Waals surface area contributed by atoms with Gasteiger partial charge in [0.05, 0.1) is 11.2 Å². The van der Waals surface area contributed by atoms with Gasteiger partial charge < -0.3 is 4.55 Å². The molecule has 0 unspecified atom stereocenters. The van der Waals surface area contributed by atoms with Crippen molar-refractivity contribution < 1.29 is 13.3 Å². The van der Waals surface area contributed by atoms with Gasteiger partial charge in [-0.1, -0.05) is 16.0 Å². The van der Waals surface area contributed by atoms with Gasteiger partial charge in [0.1, 0.15) is 27.7 Å². The molecule has 0 bridgehead atoms. The van der Waals surface area contributed by atoms with E-state index in [0.717, 1.165) is 18.3 Å². The number of hydrogen-bond donors (Lipinski definition) is 0. The molecule has 0 fully saturated rings. The van der Waals surface area contributed by atoms with Crippen LogP contribution in [0, 0.1) is 11.6 Å². The minimum absolute atomic E-state index is 0.0792. The Hall–Kier alpha value is -0.650. The molecular weight excluding hydrogens is 268 g/mol. The van der Waals surface area contributed by atoms with Gasteiger partial charge in [-0.2, -0.15) is 0 Å². The molecule has 17 heavy (non-hydrogen) atoms. The Balaban J connectivity index is 2.96. The SMILES string of the molecule is CC(C)(C)[S@+]([O-])N=Cc1cc(F)c(Cl)cc1F. The fourth-order valence-electron chi connectivity index (χ4n) is 0.900. The molecule has 0 aliphatic rings. The summed E-state index contributed by atoms with van der Waals surface area (Å²) < 4.78 is 41.1. The Morgan fingerprint density at radius 1 is 1.29 bits per heavy atom. The predicted molar refractivity (Wildman–Crippen MR) is 66.9 cm³/mol. The third kappa shape index (κ3) is 3.94. The van der Waals surface area contributed by atoms with Crippen LogP contribution in [0.2, 0.25) is 5.02 Å². The van der Waals surface area contributed by atoms with E-state index in [9.17, 15) is 13.3 Å². The van der Waals surface area contributed by atoms with Crippen molar-refractivity contribution in [3.05, 3.63) is 34.4 Å². The fourth-order valence-corrected chi connectivity index (χ4v) is 1.58. The molecule has 1 aromatic rings. The lowest BCUT2D eigenvalue weighted by atomic mass is 10.2. The molecule has 2 nitrogen and oxygen atoms in total. The van der Waals surface area contributed by atoms with E-state index in [1.807, 2.05) is 0 Å². The summed E-state index contributed by atoms with van der Waals surface area (Å²) in [4.78, 5) is 0. The first-order valence-corrected chi connectivity index (χ1v) is 6.31. The Kier molecular flexibility index (Phi) is 4.52. The number of nitrogens with zero attached hydrogens (tertiary/aromatic N) is 1. The van der Waals surface area contributed by atoms with Crippen LogP contribution in [0.4, 0.5) is 8.78 Å². The van der Waals surface area contributed by atoms with Crippen LogP contribution in [0.1, 0.15) is 26.3 Å². The van der Waals surface area contributed by atoms with Gasteiger partial charge in [-0.3, -0.25) is 0 Å². The van der Waals surface area contributed by atoms with Gasteiger partial charge >= 0.3 is 0 Å². The Morgan fingerprint density at radius 3 is 2.41 bits per heavy atom.